The Balaban J connectivity index is 0.000000396. The molecule has 0 aliphatic rings. The average Bonchev–Trinajstić information content (AvgIpc) is 2.48. The zero-order valence-corrected chi connectivity index (χ0v) is 7.97. The second-order valence-corrected chi connectivity index (χ2v) is 2.34. The average molecular weight is 181 g/mol. The van der Waals surface area contributed by atoms with Crippen molar-refractivity contribution in [2.45, 2.75) is 20.8 Å². The first-order valence-electron chi connectivity index (χ1n) is 4.28. The number of rotatable bonds is 0. The SMILES string of the molecule is CC.Cc1nc2ccc(F)cc2o1. The van der Waals surface area contributed by atoms with Crippen molar-refractivity contribution in [1.29, 1.82) is 0 Å². The molecule has 1 heterocycles. The van der Waals surface area contributed by atoms with Gasteiger partial charge in [0.05, 0.1) is 0 Å². The van der Waals surface area contributed by atoms with E-state index in [1.807, 2.05) is 13.8 Å². The molecule has 0 bridgehead atoms. The van der Waals surface area contributed by atoms with Crippen LogP contribution in [0.3, 0.4) is 0 Å². The van der Waals surface area contributed by atoms with E-state index in [-0.39, 0.29) is 5.82 Å². The third kappa shape index (κ3) is 2.05. The van der Waals surface area contributed by atoms with Crippen LogP contribution in [0.5, 0.6) is 0 Å². The Labute approximate surface area is 76.4 Å². The summed E-state index contributed by atoms with van der Waals surface area (Å²) in [5.41, 5.74) is 1.20. The van der Waals surface area contributed by atoms with Gasteiger partial charge in [-0.25, -0.2) is 9.37 Å². The van der Waals surface area contributed by atoms with Crippen molar-refractivity contribution in [2.75, 3.05) is 0 Å². The van der Waals surface area contributed by atoms with E-state index >= 15 is 0 Å². The normalized spacial score (nSPS) is 9.54. The van der Waals surface area contributed by atoms with Gasteiger partial charge in [-0.3, -0.25) is 0 Å². The molecule has 2 rings (SSSR count). The summed E-state index contributed by atoms with van der Waals surface area (Å²) in [4.78, 5) is 4.02. The lowest BCUT2D eigenvalue weighted by Crippen LogP contribution is -1.71. The monoisotopic (exact) mass is 181 g/mol. The highest BCUT2D eigenvalue weighted by Gasteiger charge is 2.01. The van der Waals surface area contributed by atoms with Crippen molar-refractivity contribution in [3.63, 3.8) is 0 Å². The van der Waals surface area contributed by atoms with Gasteiger partial charge in [0, 0.05) is 13.0 Å². The highest BCUT2D eigenvalue weighted by molar-refractivity contribution is 5.72. The highest BCUT2D eigenvalue weighted by Crippen LogP contribution is 2.15. The molecule has 0 radical (unpaired) electrons. The number of aryl methyl sites for hydroxylation is 1. The van der Waals surface area contributed by atoms with E-state index in [2.05, 4.69) is 4.98 Å². The largest absolute Gasteiger partial charge is 0.441 e. The molecule has 70 valence electrons. The van der Waals surface area contributed by atoms with Crippen molar-refractivity contribution in [1.82, 2.24) is 4.98 Å². The third-order valence-corrected chi connectivity index (χ3v) is 1.46. The zero-order valence-electron chi connectivity index (χ0n) is 7.97. The number of benzene rings is 1. The molecule has 0 saturated heterocycles. The van der Waals surface area contributed by atoms with E-state index in [1.165, 1.54) is 12.1 Å². The second-order valence-electron chi connectivity index (χ2n) is 2.34. The minimum absolute atomic E-state index is 0.298. The Hall–Kier alpha value is -1.38. The Bertz CT molecular complexity index is 395. The summed E-state index contributed by atoms with van der Waals surface area (Å²) in [6.07, 6.45) is 0. The number of hydrogen-bond acceptors (Lipinski definition) is 2. The Morgan fingerprint density at radius 3 is 2.69 bits per heavy atom. The van der Waals surface area contributed by atoms with Gasteiger partial charge in [0.1, 0.15) is 11.3 Å². The van der Waals surface area contributed by atoms with Crippen molar-refractivity contribution in [3.8, 4) is 0 Å². The molecule has 0 unspecified atom stereocenters. The molecule has 0 atom stereocenters. The molecule has 1 aromatic carbocycles. The first kappa shape index (κ1) is 9.71. The first-order chi connectivity index (χ1) is 6.25. The number of nitrogens with zero attached hydrogens (tertiary/aromatic N) is 1. The van der Waals surface area contributed by atoms with Gasteiger partial charge in [0.15, 0.2) is 11.5 Å². The molecule has 0 aliphatic heterocycles. The van der Waals surface area contributed by atoms with Crippen LogP contribution >= 0.6 is 0 Å². The molecular weight excluding hydrogens is 169 g/mol. The van der Waals surface area contributed by atoms with Gasteiger partial charge in [-0.1, -0.05) is 13.8 Å². The van der Waals surface area contributed by atoms with Crippen molar-refractivity contribution < 1.29 is 8.81 Å². The van der Waals surface area contributed by atoms with Gasteiger partial charge < -0.3 is 4.42 Å². The fraction of sp³-hybridized carbons (Fsp3) is 0.300. The van der Waals surface area contributed by atoms with Gasteiger partial charge in [-0.15, -0.1) is 0 Å². The van der Waals surface area contributed by atoms with E-state index in [4.69, 9.17) is 4.42 Å². The molecule has 0 aliphatic carbocycles. The summed E-state index contributed by atoms with van der Waals surface area (Å²) in [5, 5.41) is 0. The Morgan fingerprint density at radius 2 is 2.00 bits per heavy atom. The lowest BCUT2D eigenvalue weighted by Gasteiger charge is -1.84. The number of halogens is 1. The van der Waals surface area contributed by atoms with Crippen LogP contribution in [-0.4, -0.2) is 4.98 Å². The van der Waals surface area contributed by atoms with Crippen LogP contribution in [0.25, 0.3) is 11.1 Å². The van der Waals surface area contributed by atoms with E-state index in [9.17, 15) is 4.39 Å². The summed E-state index contributed by atoms with van der Waals surface area (Å²) in [7, 11) is 0. The van der Waals surface area contributed by atoms with Crippen molar-refractivity contribution >= 4 is 11.1 Å². The zero-order chi connectivity index (χ0) is 9.84. The maximum absolute atomic E-state index is 12.6. The van der Waals surface area contributed by atoms with Gasteiger partial charge in [0.2, 0.25) is 0 Å². The molecule has 2 nitrogen and oxygen atoms in total. The van der Waals surface area contributed by atoms with E-state index < -0.39 is 0 Å². The number of oxazole rings is 1. The number of aromatic nitrogens is 1. The fourth-order valence-corrected chi connectivity index (χ4v) is 1.01. The predicted octanol–water partition coefficient (Wildman–Crippen LogP) is 3.30. The first-order valence-corrected chi connectivity index (χ1v) is 4.28. The molecule has 0 amide bonds. The number of fused-ring (bicyclic) bond motifs is 1. The number of hydrogen-bond donors (Lipinski definition) is 0. The second kappa shape index (κ2) is 4.03. The highest BCUT2D eigenvalue weighted by atomic mass is 19.1. The topological polar surface area (TPSA) is 26.0 Å². The van der Waals surface area contributed by atoms with Gasteiger partial charge in [0.25, 0.3) is 0 Å². The van der Waals surface area contributed by atoms with Crippen LogP contribution in [0.4, 0.5) is 4.39 Å². The maximum Gasteiger partial charge on any atom is 0.192 e. The van der Waals surface area contributed by atoms with Crippen LogP contribution in [0.15, 0.2) is 22.6 Å². The minimum Gasteiger partial charge on any atom is -0.441 e. The lowest BCUT2D eigenvalue weighted by molar-refractivity contribution is 0.556. The molecule has 0 spiro atoms. The maximum atomic E-state index is 12.6. The summed E-state index contributed by atoms with van der Waals surface area (Å²) in [5.74, 6) is 0.263. The van der Waals surface area contributed by atoms with Crippen molar-refractivity contribution in [3.05, 3.63) is 29.9 Å². The standard InChI is InChI=1S/C8H6FNO.C2H6/c1-5-10-7-3-2-6(9)4-8(7)11-5;1-2/h2-4H,1H3;1-2H3. The molecule has 0 fully saturated rings. The van der Waals surface area contributed by atoms with Gasteiger partial charge in [-0.2, -0.15) is 0 Å². The quantitative estimate of drug-likeness (QED) is 0.623. The summed E-state index contributed by atoms with van der Waals surface area (Å²) >= 11 is 0. The van der Waals surface area contributed by atoms with Crippen LogP contribution in [0.1, 0.15) is 19.7 Å². The Kier molecular flexibility index (Phi) is 3.01. The van der Waals surface area contributed by atoms with E-state index in [0.717, 1.165) is 0 Å². The molecule has 0 N–H and O–H groups in total. The molecule has 3 heteroatoms. The summed E-state index contributed by atoms with van der Waals surface area (Å²) in [6, 6.07) is 4.29. The van der Waals surface area contributed by atoms with Crippen LogP contribution in [0, 0.1) is 12.7 Å². The fourth-order valence-electron chi connectivity index (χ4n) is 1.01. The molecule has 2 aromatic rings. The van der Waals surface area contributed by atoms with Gasteiger partial charge in [-0.05, 0) is 12.1 Å². The predicted molar refractivity (Wildman–Crippen MR) is 50.1 cm³/mol. The van der Waals surface area contributed by atoms with Gasteiger partial charge >= 0.3 is 0 Å². The van der Waals surface area contributed by atoms with Crippen LogP contribution in [-0.2, 0) is 0 Å². The molecular formula is C10H12FNO. The lowest BCUT2D eigenvalue weighted by atomic mass is 10.3. The van der Waals surface area contributed by atoms with Crippen LogP contribution < -0.4 is 0 Å². The van der Waals surface area contributed by atoms with E-state index in [0.29, 0.717) is 17.0 Å². The summed E-state index contributed by atoms with van der Waals surface area (Å²) < 4.78 is 17.7. The molecule has 13 heavy (non-hydrogen) atoms. The Morgan fingerprint density at radius 1 is 1.31 bits per heavy atom. The van der Waals surface area contributed by atoms with Crippen molar-refractivity contribution in [2.24, 2.45) is 0 Å². The smallest absolute Gasteiger partial charge is 0.192 e. The van der Waals surface area contributed by atoms with Crippen LogP contribution in [0.2, 0.25) is 0 Å². The van der Waals surface area contributed by atoms with E-state index in [1.54, 1.807) is 13.0 Å². The molecule has 0 saturated carbocycles. The third-order valence-electron chi connectivity index (χ3n) is 1.46. The summed E-state index contributed by atoms with van der Waals surface area (Å²) in [6.45, 7) is 5.73. The molecule has 1 aromatic heterocycles. The minimum atomic E-state index is -0.298.